The number of nitro groups is 1. The molecule has 1 aromatic carbocycles. The Morgan fingerprint density at radius 3 is 2.81 bits per heavy atom. The van der Waals surface area contributed by atoms with Crippen molar-refractivity contribution in [2.75, 3.05) is 5.32 Å². The maximum atomic E-state index is 13.4. The highest BCUT2D eigenvalue weighted by atomic mass is 19.1. The lowest BCUT2D eigenvalue weighted by Gasteiger charge is -2.12. The number of aromatic nitrogens is 2. The van der Waals surface area contributed by atoms with Crippen LogP contribution in [0.4, 0.5) is 20.2 Å². The van der Waals surface area contributed by atoms with Crippen LogP contribution in [0.2, 0.25) is 0 Å². The summed E-state index contributed by atoms with van der Waals surface area (Å²) in [5.41, 5.74) is -0.583. The van der Waals surface area contributed by atoms with E-state index >= 15 is 0 Å². The normalized spacial score (nSPS) is 12.0. The number of benzene rings is 1. The van der Waals surface area contributed by atoms with Crippen LogP contribution in [0, 0.1) is 21.7 Å². The number of rotatable bonds is 4. The zero-order valence-electron chi connectivity index (χ0n) is 10.8. The van der Waals surface area contributed by atoms with Gasteiger partial charge in [-0.05, 0) is 19.1 Å². The molecule has 1 atom stereocenters. The Kier molecular flexibility index (Phi) is 3.92. The molecule has 1 aromatic heterocycles. The van der Waals surface area contributed by atoms with Gasteiger partial charge >= 0.3 is 5.69 Å². The molecule has 0 aliphatic heterocycles. The van der Waals surface area contributed by atoms with Gasteiger partial charge in [-0.25, -0.2) is 8.78 Å². The second-order valence-corrected chi connectivity index (χ2v) is 4.23. The van der Waals surface area contributed by atoms with Crippen LogP contribution in [0.5, 0.6) is 0 Å². The fourth-order valence-corrected chi connectivity index (χ4v) is 1.58. The number of nitrogens with zero attached hydrogens (tertiary/aromatic N) is 3. The third kappa shape index (κ3) is 3.19. The van der Waals surface area contributed by atoms with Crippen LogP contribution in [0.1, 0.15) is 13.0 Å². The predicted molar refractivity (Wildman–Crippen MR) is 68.6 cm³/mol. The van der Waals surface area contributed by atoms with Crippen molar-refractivity contribution in [3.63, 3.8) is 0 Å². The van der Waals surface area contributed by atoms with Crippen molar-refractivity contribution in [3.8, 4) is 0 Å². The van der Waals surface area contributed by atoms with Crippen LogP contribution in [-0.2, 0) is 4.79 Å². The number of nitrogens with one attached hydrogen (secondary N) is 1. The zero-order chi connectivity index (χ0) is 15.6. The molecule has 1 amide bonds. The number of carbonyl (C=O) groups is 1. The first kappa shape index (κ1) is 14.6. The molecule has 1 heterocycles. The Bertz CT molecular complexity index is 702. The molecule has 1 unspecified atom stereocenters. The summed E-state index contributed by atoms with van der Waals surface area (Å²) in [5, 5.41) is 16.4. The highest BCUT2D eigenvalue weighted by Gasteiger charge is 2.20. The van der Waals surface area contributed by atoms with E-state index in [0.717, 1.165) is 35.3 Å². The number of hydrogen-bond acceptors (Lipinski definition) is 4. The molecule has 0 bridgehead atoms. The number of hydrogen-bond donors (Lipinski definition) is 1. The largest absolute Gasteiger partial charge is 0.322 e. The summed E-state index contributed by atoms with van der Waals surface area (Å²) in [7, 11) is 0. The molecule has 0 fully saturated rings. The van der Waals surface area contributed by atoms with Gasteiger partial charge in [0.25, 0.3) is 0 Å². The third-order valence-corrected chi connectivity index (χ3v) is 2.76. The van der Waals surface area contributed by atoms with Crippen molar-refractivity contribution in [1.82, 2.24) is 9.78 Å². The minimum atomic E-state index is -0.929. The number of amides is 1. The van der Waals surface area contributed by atoms with Crippen LogP contribution in [0.15, 0.2) is 30.6 Å². The van der Waals surface area contributed by atoms with Gasteiger partial charge in [-0.2, -0.15) is 5.10 Å². The van der Waals surface area contributed by atoms with Gasteiger partial charge in [-0.1, -0.05) is 0 Å². The zero-order valence-corrected chi connectivity index (χ0v) is 10.8. The summed E-state index contributed by atoms with van der Waals surface area (Å²) in [6.07, 6.45) is 2.07. The second kappa shape index (κ2) is 5.65. The molecule has 0 spiro atoms. The van der Waals surface area contributed by atoms with Gasteiger partial charge in [0, 0.05) is 6.07 Å². The lowest BCUT2D eigenvalue weighted by Crippen LogP contribution is -2.24. The first-order valence-corrected chi connectivity index (χ1v) is 5.83. The van der Waals surface area contributed by atoms with Crippen molar-refractivity contribution in [3.05, 3.63) is 52.3 Å². The summed E-state index contributed by atoms with van der Waals surface area (Å²) < 4.78 is 27.5. The van der Waals surface area contributed by atoms with Gasteiger partial charge in [0.2, 0.25) is 5.91 Å². The van der Waals surface area contributed by atoms with Gasteiger partial charge in [-0.3, -0.25) is 19.6 Å². The van der Waals surface area contributed by atoms with Crippen molar-refractivity contribution >= 4 is 17.3 Å². The molecule has 0 saturated heterocycles. The molecule has 21 heavy (non-hydrogen) atoms. The number of carbonyl (C=O) groups excluding carboxylic acids is 1. The number of halogens is 2. The average molecular weight is 296 g/mol. The molecule has 110 valence electrons. The van der Waals surface area contributed by atoms with Crippen LogP contribution in [0.25, 0.3) is 0 Å². The molecular formula is C12H10F2N4O3. The molecule has 2 rings (SSSR count). The summed E-state index contributed by atoms with van der Waals surface area (Å²) in [5.74, 6) is -2.17. The fourth-order valence-electron chi connectivity index (χ4n) is 1.58. The molecule has 0 radical (unpaired) electrons. The molecule has 0 saturated carbocycles. The van der Waals surface area contributed by atoms with E-state index < -0.39 is 28.5 Å². The Hall–Kier alpha value is -2.84. The molecule has 7 nitrogen and oxygen atoms in total. The Balaban J connectivity index is 2.15. The lowest BCUT2D eigenvalue weighted by atomic mass is 10.2. The van der Waals surface area contributed by atoms with E-state index in [4.69, 9.17) is 0 Å². The van der Waals surface area contributed by atoms with Crippen molar-refractivity contribution in [2.45, 2.75) is 13.0 Å². The molecule has 9 heteroatoms. The van der Waals surface area contributed by atoms with E-state index in [9.17, 15) is 23.7 Å². The first-order valence-electron chi connectivity index (χ1n) is 5.83. The van der Waals surface area contributed by atoms with Crippen LogP contribution in [-0.4, -0.2) is 20.6 Å². The van der Waals surface area contributed by atoms with Gasteiger partial charge in [0.1, 0.15) is 30.1 Å². The van der Waals surface area contributed by atoms with Crippen molar-refractivity contribution in [1.29, 1.82) is 0 Å². The van der Waals surface area contributed by atoms with E-state index in [1.54, 1.807) is 0 Å². The Morgan fingerprint density at radius 2 is 2.19 bits per heavy atom. The highest BCUT2D eigenvalue weighted by molar-refractivity contribution is 5.93. The average Bonchev–Trinajstić information content (AvgIpc) is 2.91. The van der Waals surface area contributed by atoms with E-state index in [-0.39, 0.29) is 11.4 Å². The summed E-state index contributed by atoms with van der Waals surface area (Å²) in [6.45, 7) is 1.42. The lowest BCUT2D eigenvalue weighted by molar-refractivity contribution is -0.385. The molecule has 2 aromatic rings. The molecule has 0 aliphatic rings. The maximum absolute atomic E-state index is 13.4. The minimum Gasteiger partial charge on any atom is -0.322 e. The van der Waals surface area contributed by atoms with Crippen LogP contribution >= 0.6 is 0 Å². The van der Waals surface area contributed by atoms with Gasteiger partial charge in [0.05, 0.1) is 10.6 Å². The van der Waals surface area contributed by atoms with Gasteiger partial charge in [0.15, 0.2) is 0 Å². The minimum absolute atomic E-state index is 0.272. The topological polar surface area (TPSA) is 90.1 Å². The quantitative estimate of drug-likeness (QED) is 0.692. The van der Waals surface area contributed by atoms with E-state index in [1.165, 1.54) is 6.92 Å². The van der Waals surface area contributed by atoms with E-state index in [1.807, 2.05) is 0 Å². The Morgan fingerprint density at radius 1 is 1.48 bits per heavy atom. The smallest absolute Gasteiger partial charge is 0.307 e. The molecule has 1 N–H and O–H groups in total. The second-order valence-electron chi connectivity index (χ2n) is 4.23. The highest BCUT2D eigenvalue weighted by Crippen LogP contribution is 2.18. The Labute approximate surface area is 117 Å². The summed E-state index contributed by atoms with van der Waals surface area (Å²) in [4.78, 5) is 21.8. The first-order chi connectivity index (χ1) is 9.88. The SMILES string of the molecule is CC(C(=O)Nc1cc(F)ccc1F)n1cc([N+](=O)[O-])cn1. The predicted octanol–water partition coefficient (Wildman–Crippen LogP) is 2.27. The summed E-state index contributed by atoms with van der Waals surface area (Å²) in [6, 6.07) is 1.71. The summed E-state index contributed by atoms with van der Waals surface area (Å²) >= 11 is 0. The third-order valence-electron chi connectivity index (χ3n) is 2.76. The van der Waals surface area contributed by atoms with Crippen LogP contribution < -0.4 is 5.32 Å². The molecular weight excluding hydrogens is 286 g/mol. The van der Waals surface area contributed by atoms with Crippen molar-refractivity contribution in [2.24, 2.45) is 0 Å². The van der Waals surface area contributed by atoms with Crippen LogP contribution in [0.3, 0.4) is 0 Å². The van der Waals surface area contributed by atoms with Crippen molar-refractivity contribution < 1.29 is 18.5 Å². The monoisotopic (exact) mass is 296 g/mol. The van der Waals surface area contributed by atoms with E-state index in [2.05, 4.69) is 10.4 Å². The molecule has 0 aliphatic carbocycles. The van der Waals surface area contributed by atoms with Gasteiger partial charge < -0.3 is 5.32 Å². The number of anilines is 1. The fraction of sp³-hybridized carbons (Fsp3) is 0.167. The van der Waals surface area contributed by atoms with E-state index in [0.29, 0.717) is 0 Å². The van der Waals surface area contributed by atoms with Gasteiger partial charge in [-0.15, -0.1) is 0 Å². The maximum Gasteiger partial charge on any atom is 0.307 e. The standard InChI is InChI=1S/C12H10F2N4O3/c1-7(17-6-9(5-15-17)18(20)21)12(19)16-11-4-8(13)2-3-10(11)14/h2-7H,1H3,(H,16,19).